The summed E-state index contributed by atoms with van der Waals surface area (Å²) >= 11 is 0. The number of aromatic nitrogens is 1. The number of hydrogen-bond acceptors (Lipinski definition) is 0. The minimum atomic E-state index is 0.418. The van der Waals surface area contributed by atoms with Crippen molar-refractivity contribution in [1.82, 2.24) is 4.98 Å². The lowest BCUT2D eigenvalue weighted by atomic mass is 9.79. The average Bonchev–Trinajstić information content (AvgIpc) is 3.11. The molecule has 0 aliphatic heterocycles. The molecule has 7 rings (SSSR count). The smallest absolute Gasteiger partial charge is 0.0477 e. The van der Waals surface area contributed by atoms with Gasteiger partial charge in [0.05, 0.1) is 0 Å². The molecule has 0 bridgehead atoms. The quantitative estimate of drug-likeness (QED) is 0.314. The molecule has 0 saturated heterocycles. The van der Waals surface area contributed by atoms with Crippen LogP contribution in [0.3, 0.4) is 0 Å². The van der Waals surface area contributed by atoms with E-state index in [1.54, 1.807) is 0 Å². The van der Waals surface area contributed by atoms with Crippen molar-refractivity contribution in [2.24, 2.45) is 0 Å². The topological polar surface area (TPSA) is 15.8 Å². The molecule has 1 heterocycles. The van der Waals surface area contributed by atoms with Crippen molar-refractivity contribution in [3.8, 4) is 22.3 Å². The van der Waals surface area contributed by atoms with Crippen molar-refractivity contribution in [3.05, 3.63) is 102 Å². The fourth-order valence-corrected chi connectivity index (χ4v) is 5.49. The molecule has 2 aliphatic rings. The average molecular weight is 369 g/mol. The van der Waals surface area contributed by atoms with Gasteiger partial charge >= 0.3 is 0 Å². The summed E-state index contributed by atoms with van der Waals surface area (Å²) in [5.41, 5.74) is 12.1. The van der Waals surface area contributed by atoms with E-state index in [-0.39, 0.29) is 0 Å². The van der Waals surface area contributed by atoms with Gasteiger partial charge in [-0.25, -0.2) is 0 Å². The maximum atomic E-state index is 3.73. The zero-order valence-electron chi connectivity index (χ0n) is 15.9. The summed E-state index contributed by atoms with van der Waals surface area (Å²) < 4.78 is 0. The van der Waals surface area contributed by atoms with E-state index in [4.69, 9.17) is 0 Å². The van der Waals surface area contributed by atoms with Crippen LogP contribution < -0.4 is 0 Å². The normalized spacial score (nSPS) is 16.3. The summed E-state index contributed by atoms with van der Waals surface area (Å²) in [6.45, 7) is 0. The number of nitrogens with one attached hydrogen (secondary N) is 1. The van der Waals surface area contributed by atoms with Gasteiger partial charge in [0.15, 0.2) is 0 Å². The Bertz CT molecular complexity index is 1470. The van der Waals surface area contributed by atoms with Gasteiger partial charge in [0, 0.05) is 27.7 Å². The molecule has 0 fully saturated rings. The van der Waals surface area contributed by atoms with Gasteiger partial charge in [-0.1, -0.05) is 72.8 Å². The lowest BCUT2D eigenvalue weighted by Gasteiger charge is -2.24. The second-order valence-corrected chi connectivity index (χ2v) is 8.21. The maximum Gasteiger partial charge on any atom is 0.0477 e. The van der Waals surface area contributed by atoms with E-state index in [1.165, 1.54) is 60.8 Å². The van der Waals surface area contributed by atoms with Gasteiger partial charge in [-0.15, -0.1) is 0 Å². The molecule has 1 heteroatoms. The first-order chi connectivity index (χ1) is 14.4. The molecule has 1 unspecified atom stereocenters. The van der Waals surface area contributed by atoms with Crippen LogP contribution in [0.5, 0.6) is 0 Å². The summed E-state index contributed by atoms with van der Waals surface area (Å²) in [6, 6.07) is 29.0. The van der Waals surface area contributed by atoms with Crippen LogP contribution in [-0.4, -0.2) is 4.98 Å². The summed E-state index contributed by atoms with van der Waals surface area (Å²) in [5, 5.41) is 2.78. The summed E-state index contributed by atoms with van der Waals surface area (Å²) in [7, 11) is 0. The third kappa shape index (κ3) is 2.00. The molecular weight excluding hydrogens is 350 g/mol. The van der Waals surface area contributed by atoms with Crippen molar-refractivity contribution < 1.29 is 0 Å². The molecule has 0 spiro atoms. The van der Waals surface area contributed by atoms with Crippen molar-refractivity contribution >= 4 is 27.9 Å². The van der Waals surface area contributed by atoms with Gasteiger partial charge in [0.1, 0.15) is 0 Å². The van der Waals surface area contributed by atoms with E-state index >= 15 is 0 Å². The Balaban J connectivity index is 1.70. The number of fused-ring (bicyclic) bond motifs is 2. The second kappa shape index (κ2) is 5.48. The molecule has 0 amide bonds. The summed E-state index contributed by atoms with van der Waals surface area (Å²) in [5.74, 6) is 0.418. The monoisotopic (exact) mass is 369 g/mol. The van der Waals surface area contributed by atoms with Gasteiger partial charge in [0.25, 0.3) is 0 Å². The number of H-pyrrole nitrogens is 1. The van der Waals surface area contributed by atoms with Gasteiger partial charge in [-0.3, -0.25) is 0 Å². The highest BCUT2D eigenvalue weighted by Crippen LogP contribution is 2.50. The Kier molecular flexibility index (Phi) is 2.90. The third-order valence-corrected chi connectivity index (χ3v) is 6.68. The van der Waals surface area contributed by atoms with Crippen LogP contribution in [0, 0.1) is 0 Å². The van der Waals surface area contributed by atoms with Crippen molar-refractivity contribution in [3.63, 3.8) is 0 Å². The Morgan fingerprint density at radius 2 is 1.59 bits per heavy atom. The minimum absolute atomic E-state index is 0.418. The van der Waals surface area contributed by atoms with Gasteiger partial charge in [0.2, 0.25) is 0 Å². The number of hydrogen-bond donors (Lipinski definition) is 1. The van der Waals surface area contributed by atoms with Crippen LogP contribution >= 0.6 is 0 Å². The highest BCUT2D eigenvalue weighted by molar-refractivity contribution is 6.18. The highest BCUT2D eigenvalue weighted by atomic mass is 14.7. The largest absolute Gasteiger partial charge is 0.354 e. The molecule has 0 saturated carbocycles. The van der Waals surface area contributed by atoms with Crippen LogP contribution in [0.2, 0.25) is 0 Å². The van der Waals surface area contributed by atoms with Crippen LogP contribution in [0.15, 0.2) is 84.9 Å². The number of benzene rings is 4. The molecule has 29 heavy (non-hydrogen) atoms. The lowest BCUT2D eigenvalue weighted by Crippen LogP contribution is -2.06. The van der Waals surface area contributed by atoms with Crippen molar-refractivity contribution in [2.45, 2.75) is 12.3 Å². The van der Waals surface area contributed by atoms with Gasteiger partial charge in [-0.05, 0) is 63.6 Å². The fraction of sp³-hybridized carbons (Fsp3) is 0.0714. The second-order valence-electron chi connectivity index (χ2n) is 8.21. The van der Waals surface area contributed by atoms with E-state index < -0.39 is 0 Å². The molecular formula is C28H19N. The van der Waals surface area contributed by atoms with Crippen molar-refractivity contribution in [2.75, 3.05) is 0 Å². The molecule has 0 radical (unpaired) electrons. The predicted molar refractivity (Wildman–Crippen MR) is 122 cm³/mol. The molecule has 1 atom stereocenters. The van der Waals surface area contributed by atoms with Gasteiger partial charge < -0.3 is 4.98 Å². The van der Waals surface area contributed by atoms with E-state index in [9.17, 15) is 0 Å². The predicted octanol–water partition coefficient (Wildman–Crippen LogP) is 7.52. The number of rotatable bonds is 1. The van der Waals surface area contributed by atoms with Crippen LogP contribution in [0.25, 0.3) is 50.1 Å². The number of aromatic amines is 1. The van der Waals surface area contributed by atoms with E-state index in [1.807, 2.05) is 0 Å². The Morgan fingerprint density at radius 1 is 0.690 bits per heavy atom. The zero-order chi connectivity index (χ0) is 18.9. The summed E-state index contributed by atoms with van der Waals surface area (Å²) in [4.78, 5) is 3.73. The van der Waals surface area contributed by atoms with Crippen LogP contribution in [0.4, 0.5) is 0 Å². The zero-order valence-corrected chi connectivity index (χ0v) is 15.9. The fourth-order valence-electron chi connectivity index (χ4n) is 5.49. The highest BCUT2D eigenvalue weighted by Gasteiger charge is 2.29. The van der Waals surface area contributed by atoms with Crippen LogP contribution in [0.1, 0.15) is 29.0 Å². The van der Waals surface area contributed by atoms with E-state index in [0.29, 0.717) is 5.92 Å². The van der Waals surface area contributed by atoms with Crippen molar-refractivity contribution in [1.29, 1.82) is 0 Å². The molecule has 1 aromatic heterocycles. The summed E-state index contributed by atoms with van der Waals surface area (Å²) in [6.07, 6.45) is 5.70. The lowest BCUT2D eigenvalue weighted by molar-refractivity contribution is 0.831. The Hall–Kier alpha value is -3.58. The first-order valence-electron chi connectivity index (χ1n) is 10.3. The number of allylic oxidation sites excluding steroid dienone is 1. The van der Waals surface area contributed by atoms with Gasteiger partial charge in [-0.2, -0.15) is 0 Å². The molecule has 1 N–H and O–H groups in total. The molecule has 4 aromatic carbocycles. The third-order valence-electron chi connectivity index (χ3n) is 6.68. The first kappa shape index (κ1) is 15.4. The minimum Gasteiger partial charge on any atom is -0.354 e. The Labute approximate surface area is 169 Å². The van der Waals surface area contributed by atoms with E-state index in [2.05, 4.69) is 96.0 Å². The molecule has 2 aliphatic carbocycles. The maximum absolute atomic E-state index is 3.73. The SMILES string of the molecule is C1=Cc2cccc3c2C(C1)c1cccc2[nH]c4cc(-c5ccccc5)cc-3c4c12. The first-order valence-corrected chi connectivity index (χ1v) is 10.3. The molecule has 1 nitrogen and oxygen atoms in total. The molecule has 5 aromatic rings. The standard InChI is InChI=1S/C28H19N/c1-2-7-17(8-3-1)19-15-23-22-12-5-10-18-9-4-11-20(26(18)22)21-13-6-14-24-27(21)28(23)25(16-19)29-24/h1-10,12-16,20,29H,11H2. The Morgan fingerprint density at radius 3 is 2.52 bits per heavy atom. The molecule has 136 valence electrons. The van der Waals surface area contributed by atoms with Crippen LogP contribution in [-0.2, 0) is 0 Å². The van der Waals surface area contributed by atoms with E-state index in [0.717, 1.165) is 6.42 Å².